The van der Waals surface area contributed by atoms with Crippen LogP contribution in [-0.2, 0) is 16.0 Å². The van der Waals surface area contributed by atoms with Crippen LogP contribution in [0.4, 0.5) is 10.1 Å². The average Bonchev–Trinajstić information content (AvgIpc) is 2.58. The van der Waals surface area contributed by atoms with Crippen molar-refractivity contribution in [1.82, 2.24) is 4.98 Å². The molecule has 3 rings (SSSR count). The second-order valence-corrected chi connectivity index (χ2v) is 5.89. The van der Waals surface area contributed by atoms with Crippen molar-refractivity contribution in [2.75, 3.05) is 18.6 Å². The van der Waals surface area contributed by atoms with E-state index >= 15 is 0 Å². The molecule has 2 aromatic rings. The van der Waals surface area contributed by atoms with Crippen molar-refractivity contribution in [3.8, 4) is 16.9 Å². The summed E-state index contributed by atoms with van der Waals surface area (Å²) in [6, 6.07) is 4.79. The number of carbonyl (C=O) groups is 2. The number of halogens is 1. The van der Waals surface area contributed by atoms with E-state index in [0.29, 0.717) is 35.4 Å². The molecule has 0 spiro atoms. The molecule has 0 radical (unpaired) electrons. The Morgan fingerprint density at radius 3 is 2.88 bits per heavy atom. The highest BCUT2D eigenvalue weighted by Crippen LogP contribution is 2.34. The van der Waals surface area contributed by atoms with E-state index in [1.54, 1.807) is 25.4 Å². The highest BCUT2D eigenvalue weighted by Gasteiger charge is 2.23. The number of pyridine rings is 1. The van der Waals surface area contributed by atoms with E-state index < -0.39 is 11.7 Å². The van der Waals surface area contributed by atoms with Gasteiger partial charge in [0, 0.05) is 36.5 Å². The van der Waals surface area contributed by atoms with Gasteiger partial charge in [0.25, 0.3) is 0 Å². The largest absolute Gasteiger partial charge is 0.491 e. The predicted molar refractivity (Wildman–Crippen MR) is 90.7 cm³/mol. The number of ether oxygens (including phenoxy) is 1. The topological polar surface area (TPSA) is 85.5 Å². The molecule has 2 N–H and O–H groups in total. The maximum absolute atomic E-state index is 14.6. The Labute approximate surface area is 144 Å². The number of nitrogens with zero attached hydrogens (tertiary/aromatic N) is 2. The second kappa shape index (κ2) is 6.88. The van der Waals surface area contributed by atoms with Crippen molar-refractivity contribution in [3.05, 3.63) is 42.0 Å². The quantitative estimate of drug-likeness (QED) is 0.900. The Morgan fingerprint density at radius 2 is 2.12 bits per heavy atom. The molecule has 6 nitrogen and oxygen atoms in total. The Balaban J connectivity index is 1.89. The van der Waals surface area contributed by atoms with Gasteiger partial charge in [-0.1, -0.05) is 0 Å². The van der Waals surface area contributed by atoms with Gasteiger partial charge in [-0.3, -0.25) is 14.6 Å². The highest BCUT2D eigenvalue weighted by molar-refractivity contribution is 5.96. The normalized spacial score (nSPS) is 13.5. The number of primary amides is 1. The third kappa shape index (κ3) is 3.60. The van der Waals surface area contributed by atoms with Gasteiger partial charge in [-0.15, -0.1) is 0 Å². The van der Waals surface area contributed by atoms with Crippen molar-refractivity contribution >= 4 is 17.5 Å². The number of nitrogens with two attached hydrogens (primary N) is 1. The summed E-state index contributed by atoms with van der Waals surface area (Å²) in [6.45, 7) is 0.139. The lowest BCUT2D eigenvalue weighted by Crippen LogP contribution is -2.31. The van der Waals surface area contributed by atoms with Gasteiger partial charge in [-0.05, 0) is 30.2 Å². The van der Waals surface area contributed by atoms with Gasteiger partial charge in [-0.2, -0.15) is 0 Å². The van der Waals surface area contributed by atoms with Crippen LogP contribution in [0.15, 0.2) is 30.6 Å². The first-order valence-corrected chi connectivity index (χ1v) is 7.91. The first-order chi connectivity index (χ1) is 12.0. The van der Waals surface area contributed by atoms with Crippen molar-refractivity contribution in [3.63, 3.8) is 0 Å². The van der Waals surface area contributed by atoms with Crippen molar-refractivity contribution in [2.45, 2.75) is 19.3 Å². The van der Waals surface area contributed by atoms with Crippen LogP contribution in [-0.4, -0.2) is 30.5 Å². The molecular weight excluding hydrogens is 325 g/mol. The Kier molecular flexibility index (Phi) is 4.65. The summed E-state index contributed by atoms with van der Waals surface area (Å²) < 4.78 is 20.0. The summed E-state index contributed by atoms with van der Waals surface area (Å²) in [7, 11) is 1.65. The standard InChI is InChI=1S/C18H18FN3O3/c1-22-16-8-15(19)14(7-11(16)2-3-18(22)24)12-6-13(10-21-9-12)25-5-4-17(20)23/h6-10H,2-5H2,1H3,(H2,20,23). The van der Waals surface area contributed by atoms with Crippen LogP contribution in [0.1, 0.15) is 18.4 Å². The number of hydrogen-bond donors (Lipinski definition) is 1. The zero-order valence-electron chi connectivity index (χ0n) is 13.8. The smallest absolute Gasteiger partial charge is 0.227 e. The van der Waals surface area contributed by atoms with Crippen LogP contribution >= 0.6 is 0 Å². The molecule has 1 aliphatic rings. The molecule has 1 aliphatic heterocycles. The van der Waals surface area contributed by atoms with Crippen LogP contribution in [0.2, 0.25) is 0 Å². The number of rotatable bonds is 5. The number of aryl methyl sites for hydroxylation is 1. The van der Waals surface area contributed by atoms with E-state index in [-0.39, 0.29) is 18.9 Å². The van der Waals surface area contributed by atoms with Crippen molar-refractivity contribution in [2.24, 2.45) is 5.73 Å². The number of aromatic nitrogens is 1. The lowest BCUT2D eigenvalue weighted by atomic mass is 9.96. The number of amides is 2. The summed E-state index contributed by atoms with van der Waals surface area (Å²) in [5.74, 6) is -0.478. The fourth-order valence-electron chi connectivity index (χ4n) is 2.80. The van der Waals surface area contributed by atoms with Gasteiger partial charge >= 0.3 is 0 Å². The molecule has 25 heavy (non-hydrogen) atoms. The fraction of sp³-hybridized carbons (Fsp3) is 0.278. The maximum atomic E-state index is 14.6. The van der Waals surface area contributed by atoms with Crippen molar-refractivity contribution < 1.29 is 18.7 Å². The molecule has 2 amide bonds. The predicted octanol–water partition coefficient (Wildman–Crippen LogP) is 2.05. The first-order valence-electron chi connectivity index (χ1n) is 7.91. The number of benzene rings is 1. The SMILES string of the molecule is CN1C(=O)CCc2cc(-c3cncc(OCCC(N)=O)c3)c(F)cc21. The molecule has 0 aliphatic carbocycles. The Bertz CT molecular complexity index is 838. The molecule has 0 saturated heterocycles. The molecule has 7 heteroatoms. The zero-order chi connectivity index (χ0) is 18.0. The summed E-state index contributed by atoms with van der Waals surface area (Å²) in [5.41, 5.74) is 7.55. The molecule has 0 atom stereocenters. The van der Waals surface area contributed by atoms with Gasteiger partial charge in [0.05, 0.1) is 19.2 Å². The maximum Gasteiger partial charge on any atom is 0.227 e. The Morgan fingerprint density at radius 1 is 1.32 bits per heavy atom. The first kappa shape index (κ1) is 16.9. The molecule has 130 valence electrons. The number of carbonyl (C=O) groups excluding carboxylic acids is 2. The van der Waals surface area contributed by atoms with Gasteiger partial charge in [0.15, 0.2) is 0 Å². The van der Waals surface area contributed by atoms with E-state index in [1.807, 2.05) is 0 Å². The lowest BCUT2D eigenvalue weighted by molar-refractivity contribution is -0.119. The minimum atomic E-state index is -0.455. The fourth-order valence-corrected chi connectivity index (χ4v) is 2.80. The van der Waals surface area contributed by atoms with Crippen molar-refractivity contribution in [1.29, 1.82) is 0 Å². The van der Waals surface area contributed by atoms with Crippen LogP contribution in [0.25, 0.3) is 11.1 Å². The third-order valence-electron chi connectivity index (χ3n) is 4.15. The number of fused-ring (bicyclic) bond motifs is 1. The van der Waals surface area contributed by atoms with Crippen LogP contribution in [0, 0.1) is 5.82 Å². The highest BCUT2D eigenvalue weighted by atomic mass is 19.1. The third-order valence-corrected chi connectivity index (χ3v) is 4.15. The molecule has 1 aromatic carbocycles. The molecule has 0 unspecified atom stereocenters. The van der Waals surface area contributed by atoms with Crippen LogP contribution in [0.3, 0.4) is 0 Å². The molecule has 0 bridgehead atoms. The van der Waals surface area contributed by atoms with E-state index in [4.69, 9.17) is 10.5 Å². The monoisotopic (exact) mass is 343 g/mol. The number of hydrogen-bond acceptors (Lipinski definition) is 4. The molecule has 0 fully saturated rings. The van der Waals surface area contributed by atoms with Crippen LogP contribution in [0.5, 0.6) is 5.75 Å². The molecular formula is C18H18FN3O3. The van der Waals surface area contributed by atoms with Gasteiger partial charge in [-0.25, -0.2) is 4.39 Å². The molecule has 1 aromatic heterocycles. The Hall–Kier alpha value is -2.96. The van der Waals surface area contributed by atoms with E-state index in [1.165, 1.54) is 17.2 Å². The van der Waals surface area contributed by atoms with E-state index in [0.717, 1.165) is 5.56 Å². The number of anilines is 1. The summed E-state index contributed by atoms with van der Waals surface area (Å²) in [5, 5.41) is 0. The molecule has 0 saturated carbocycles. The average molecular weight is 343 g/mol. The summed E-state index contributed by atoms with van der Waals surface area (Å²) >= 11 is 0. The minimum Gasteiger partial charge on any atom is -0.491 e. The van der Waals surface area contributed by atoms with E-state index in [2.05, 4.69) is 4.98 Å². The summed E-state index contributed by atoms with van der Waals surface area (Å²) in [6.07, 6.45) is 4.12. The van der Waals surface area contributed by atoms with E-state index in [9.17, 15) is 14.0 Å². The zero-order valence-corrected chi connectivity index (χ0v) is 13.8. The van der Waals surface area contributed by atoms with Gasteiger partial charge in [0.1, 0.15) is 11.6 Å². The summed E-state index contributed by atoms with van der Waals surface area (Å²) in [4.78, 5) is 28.1. The molecule has 2 heterocycles. The van der Waals surface area contributed by atoms with Gasteiger partial charge in [0.2, 0.25) is 11.8 Å². The van der Waals surface area contributed by atoms with Gasteiger partial charge < -0.3 is 15.4 Å². The lowest BCUT2D eigenvalue weighted by Gasteiger charge is -2.26. The minimum absolute atomic E-state index is 0.0221. The second-order valence-electron chi connectivity index (χ2n) is 5.89. The van der Waals surface area contributed by atoms with Crippen LogP contribution < -0.4 is 15.4 Å².